The molecular formula is C23H30IN2O4S+. The third-order valence-electron chi connectivity index (χ3n) is 5.81. The molecule has 1 aliphatic rings. The van der Waals surface area contributed by atoms with Crippen LogP contribution in [0.2, 0.25) is 0 Å². The average Bonchev–Trinajstić information content (AvgIpc) is 2.80. The van der Waals surface area contributed by atoms with Gasteiger partial charge in [-0.1, -0.05) is 43.5 Å². The lowest BCUT2D eigenvalue weighted by Gasteiger charge is -2.20. The van der Waals surface area contributed by atoms with E-state index >= 15 is 0 Å². The molecule has 3 rings (SSSR count). The molecule has 6 nitrogen and oxygen atoms in total. The van der Waals surface area contributed by atoms with Gasteiger partial charge in [-0.2, -0.15) is 0 Å². The third kappa shape index (κ3) is 5.78. The van der Waals surface area contributed by atoms with Gasteiger partial charge in [-0.3, -0.25) is 9.10 Å². The van der Waals surface area contributed by atoms with Gasteiger partial charge in [0.1, 0.15) is 6.04 Å². The van der Waals surface area contributed by atoms with Crippen molar-refractivity contribution in [2.24, 2.45) is 0 Å². The molecule has 0 aliphatic carbocycles. The van der Waals surface area contributed by atoms with Gasteiger partial charge >= 0.3 is 5.97 Å². The van der Waals surface area contributed by atoms with Gasteiger partial charge in [0.2, 0.25) is 0 Å². The lowest BCUT2D eigenvalue weighted by atomic mass is 9.96. The molecule has 0 spiro atoms. The molecule has 0 bridgehead atoms. The number of carboxylic acid groups (broad SMARTS) is 1. The minimum absolute atomic E-state index is 0.0708. The number of para-hydroxylation sites is 1. The first-order valence-electron chi connectivity index (χ1n) is 10.7. The Morgan fingerprint density at radius 1 is 1.03 bits per heavy atom. The van der Waals surface area contributed by atoms with Crippen LogP contribution in [-0.2, 0) is 14.8 Å². The summed E-state index contributed by atoms with van der Waals surface area (Å²) in [6.07, 6.45) is 6.25. The number of rotatable bonds is 10. The monoisotopic (exact) mass is 557 g/mol. The minimum atomic E-state index is -3.61. The molecule has 8 heteroatoms. The van der Waals surface area contributed by atoms with E-state index in [4.69, 9.17) is 5.11 Å². The van der Waals surface area contributed by atoms with Crippen LogP contribution in [0.25, 0.3) is 0 Å². The smallest absolute Gasteiger partial charge is 0.303 e. The Morgan fingerprint density at radius 2 is 1.71 bits per heavy atom. The van der Waals surface area contributed by atoms with Crippen molar-refractivity contribution in [1.82, 2.24) is 0 Å². The molecule has 0 fully saturated rings. The van der Waals surface area contributed by atoms with E-state index in [1.54, 1.807) is 13.1 Å². The number of hydrogen-bond acceptors (Lipinski definition) is 3. The van der Waals surface area contributed by atoms with Crippen LogP contribution in [0.3, 0.4) is 0 Å². The van der Waals surface area contributed by atoms with Crippen LogP contribution in [0, 0.1) is 3.57 Å². The SMILES string of the molecule is CN1c2ccccc2C([NH2+]CCCCCCCCC(=O)O)c2ccc(I)cc2S1(=O)=O. The van der Waals surface area contributed by atoms with Gasteiger partial charge in [0, 0.05) is 28.2 Å². The van der Waals surface area contributed by atoms with Crippen molar-refractivity contribution in [3.8, 4) is 0 Å². The number of fused-ring (bicyclic) bond motifs is 2. The van der Waals surface area contributed by atoms with Crippen LogP contribution in [0.5, 0.6) is 0 Å². The first-order chi connectivity index (χ1) is 14.8. The fourth-order valence-electron chi connectivity index (χ4n) is 4.14. The molecule has 2 aromatic rings. The summed E-state index contributed by atoms with van der Waals surface area (Å²) < 4.78 is 28.9. The predicted molar refractivity (Wildman–Crippen MR) is 130 cm³/mol. The van der Waals surface area contributed by atoms with Gasteiger partial charge in [-0.15, -0.1) is 0 Å². The Bertz CT molecular complexity index is 1030. The summed E-state index contributed by atoms with van der Waals surface area (Å²) in [7, 11) is -1.98. The van der Waals surface area contributed by atoms with Crippen LogP contribution in [0.1, 0.15) is 62.1 Å². The van der Waals surface area contributed by atoms with Crippen LogP contribution in [-0.4, -0.2) is 33.1 Å². The third-order valence-corrected chi connectivity index (χ3v) is 8.31. The highest BCUT2D eigenvalue weighted by Gasteiger charge is 2.36. The Labute approximate surface area is 198 Å². The van der Waals surface area contributed by atoms with Gasteiger partial charge in [-0.25, -0.2) is 8.42 Å². The summed E-state index contributed by atoms with van der Waals surface area (Å²) in [6, 6.07) is 13.4. The largest absolute Gasteiger partial charge is 0.481 e. The maximum atomic E-state index is 13.3. The van der Waals surface area contributed by atoms with E-state index in [0.29, 0.717) is 4.90 Å². The number of quaternary nitrogens is 1. The number of anilines is 1. The Morgan fingerprint density at radius 3 is 2.45 bits per heavy atom. The molecule has 0 saturated heterocycles. The normalized spacial score (nSPS) is 17.0. The van der Waals surface area contributed by atoms with Crippen molar-refractivity contribution in [3.05, 3.63) is 57.2 Å². The van der Waals surface area contributed by atoms with E-state index in [-0.39, 0.29) is 12.5 Å². The van der Waals surface area contributed by atoms with Crippen LogP contribution >= 0.6 is 22.6 Å². The van der Waals surface area contributed by atoms with Crippen molar-refractivity contribution in [1.29, 1.82) is 0 Å². The molecule has 0 saturated carbocycles. The van der Waals surface area contributed by atoms with E-state index < -0.39 is 16.0 Å². The molecule has 0 amide bonds. The van der Waals surface area contributed by atoms with Gasteiger partial charge in [0.05, 0.1) is 17.1 Å². The molecule has 1 heterocycles. The second-order valence-electron chi connectivity index (χ2n) is 7.98. The van der Waals surface area contributed by atoms with Crippen molar-refractivity contribution in [2.75, 3.05) is 17.9 Å². The van der Waals surface area contributed by atoms with Crippen molar-refractivity contribution < 1.29 is 23.6 Å². The highest BCUT2D eigenvalue weighted by atomic mass is 127. The maximum Gasteiger partial charge on any atom is 0.303 e. The highest BCUT2D eigenvalue weighted by molar-refractivity contribution is 14.1. The van der Waals surface area contributed by atoms with Crippen molar-refractivity contribution in [2.45, 2.75) is 55.9 Å². The van der Waals surface area contributed by atoms with E-state index in [0.717, 1.165) is 65.5 Å². The molecule has 1 atom stereocenters. The Balaban J connectivity index is 1.70. The summed E-state index contributed by atoms with van der Waals surface area (Å²) in [5, 5.41) is 10.9. The molecular weight excluding hydrogens is 527 g/mol. The van der Waals surface area contributed by atoms with Crippen molar-refractivity contribution in [3.63, 3.8) is 0 Å². The summed E-state index contributed by atoms with van der Waals surface area (Å²) in [6.45, 7) is 0.906. The van der Waals surface area contributed by atoms with E-state index in [2.05, 4.69) is 27.9 Å². The lowest BCUT2D eigenvalue weighted by molar-refractivity contribution is -0.687. The van der Waals surface area contributed by atoms with Gasteiger partial charge in [0.25, 0.3) is 10.0 Å². The second-order valence-corrected chi connectivity index (χ2v) is 11.2. The van der Waals surface area contributed by atoms with E-state index in [1.165, 1.54) is 4.31 Å². The number of nitrogens with zero attached hydrogens (tertiary/aromatic N) is 1. The maximum absolute atomic E-state index is 13.3. The van der Waals surface area contributed by atoms with Crippen molar-refractivity contribution >= 4 is 44.3 Å². The average molecular weight is 557 g/mol. The topological polar surface area (TPSA) is 91.3 Å². The summed E-state index contributed by atoms with van der Waals surface area (Å²) >= 11 is 2.16. The Hall–Kier alpha value is -1.65. The van der Waals surface area contributed by atoms with Crippen LogP contribution in [0.4, 0.5) is 5.69 Å². The van der Waals surface area contributed by atoms with Gasteiger partial charge in [0.15, 0.2) is 0 Å². The Kier molecular flexibility index (Phi) is 8.35. The number of halogens is 1. The molecule has 31 heavy (non-hydrogen) atoms. The predicted octanol–water partition coefficient (Wildman–Crippen LogP) is 3.90. The molecule has 3 N–H and O–H groups in total. The number of benzene rings is 2. The first-order valence-corrected chi connectivity index (χ1v) is 13.3. The number of unbranched alkanes of at least 4 members (excludes halogenated alkanes) is 5. The molecule has 2 aromatic carbocycles. The lowest BCUT2D eigenvalue weighted by Crippen LogP contribution is -2.85. The zero-order valence-corrected chi connectivity index (χ0v) is 20.7. The van der Waals surface area contributed by atoms with E-state index in [1.807, 2.05) is 36.4 Å². The number of aliphatic carboxylic acids is 1. The molecule has 0 radical (unpaired) electrons. The quantitative estimate of drug-likeness (QED) is 0.343. The minimum Gasteiger partial charge on any atom is -0.481 e. The zero-order chi connectivity index (χ0) is 22.4. The number of carbonyl (C=O) groups is 1. The van der Waals surface area contributed by atoms with E-state index in [9.17, 15) is 13.2 Å². The molecule has 0 aromatic heterocycles. The fraction of sp³-hybridized carbons (Fsp3) is 0.435. The number of hydrogen-bond donors (Lipinski definition) is 2. The molecule has 1 aliphatic heterocycles. The van der Waals surface area contributed by atoms with Gasteiger partial charge < -0.3 is 10.4 Å². The standard InChI is InChI=1S/C23H29IN2O4S/c1-26-20-11-8-7-10-18(20)23(19-14-13-17(24)16-21(19)31(26,29)30)25-15-9-5-3-2-4-6-12-22(27)28/h7-8,10-11,13-14,16,23,25H,2-6,9,12,15H2,1H3,(H,27,28)/p+1. The number of nitrogens with two attached hydrogens (primary N) is 1. The van der Waals surface area contributed by atoms with Crippen LogP contribution in [0.15, 0.2) is 47.4 Å². The number of sulfonamides is 1. The molecule has 1 unspecified atom stereocenters. The van der Waals surface area contributed by atoms with Crippen LogP contribution < -0.4 is 9.62 Å². The molecule has 168 valence electrons. The van der Waals surface area contributed by atoms with Gasteiger partial charge in [-0.05, 0) is 60.1 Å². The fourth-order valence-corrected chi connectivity index (χ4v) is 6.33. The number of carboxylic acids is 1. The summed E-state index contributed by atoms with van der Waals surface area (Å²) in [5.74, 6) is -0.721. The first kappa shape index (κ1) is 24.0. The summed E-state index contributed by atoms with van der Waals surface area (Å²) in [4.78, 5) is 10.9. The summed E-state index contributed by atoms with van der Waals surface area (Å²) in [5.41, 5.74) is 2.58. The highest BCUT2D eigenvalue weighted by Crippen LogP contribution is 2.38. The second kappa shape index (κ2) is 10.8. The zero-order valence-electron chi connectivity index (χ0n) is 17.8.